The van der Waals surface area contributed by atoms with Crippen molar-refractivity contribution in [2.75, 3.05) is 19.8 Å². The number of hydrogen-bond donors (Lipinski definition) is 2. The van der Waals surface area contributed by atoms with Gasteiger partial charge in [-0.05, 0) is 31.0 Å². The molecule has 0 amide bonds. The molecule has 1 aliphatic carbocycles. The molecule has 0 saturated heterocycles. The van der Waals surface area contributed by atoms with E-state index >= 15 is 0 Å². The van der Waals surface area contributed by atoms with Crippen molar-refractivity contribution in [3.63, 3.8) is 0 Å². The van der Waals surface area contributed by atoms with Crippen LogP contribution in [0.1, 0.15) is 34.6 Å². The van der Waals surface area contributed by atoms with Crippen LogP contribution in [-0.4, -0.2) is 50.4 Å². The van der Waals surface area contributed by atoms with Crippen LogP contribution in [0.3, 0.4) is 0 Å². The molecule has 0 spiro atoms. The summed E-state index contributed by atoms with van der Waals surface area (Å²) in [5.74, 6) is -1.46. The van der Waals surface area contributed by atoms with E-state index in [1.54, 1.807) is 6.92 Å². The molecule has 0 fully saturated rings. The molecule has 2 N–H and O–H groups in total. The molecule has 1 rings (SSSR count). The Morgan fingerprint density at radius 2 is 1.88 bits per heavy atom. The first-order chi connectivity index (χ1) is 11.5. The Hall–Kier alpha value is -0.693. The highest BCUT2D eigenvalue weighted by Crippen LogP contribution is 2.39. The second-order valence-corrected chi connectivity index (χ2v) is 13.4. The van der Waals surface area contributed by atoms with Gasteiger partial charge in [0.05, 0.1) is 25.2 Å². The van der Waals surface area contributed by atoms with Gasteiger partial charge in [0.2, 0.25) is 0 Å². The fourth-order valence-corrected chi connectivity index (χ4v) is 4.11. The van der Waals surface area contributed by atoms with E-state index in [2.05, 4.69) is 33.9 Å². The van der Waals surface area contributed by atoms with Gasteiger partial charge in [0.1, 0.15) is 0 Å². The summed E-state index contributed by atoms with van der Waals surface area (Å²) in [4.78, 5) is 12.3. The van der Waals surface area contributed by atoms with Crippen molar-refractivity contribution in [1.82, 2.24) is 0 Å². The Balaban J connectivity index is 2.88. The zero-order valence-corrected chi connectivity index (χ0v) is 17.8. The minimum Gasteiger partial charge on any atom is -0.466 e. The Labute approximate surface area is 153 Å². The molecule has 0 bridgehead atoms. The topological polar surface area (TPSA) is 76.0 Å². The summed E-state index contributed by atoms with van der Waals surface area (Å²) in [6, 6.07) is 0. The van der Waals surface area contributed by atoms with Gasteiger partial charge in [-0.25, -0.2) is 0 Å². The van der Waals surface area contributed by atoms with E-state index in [-0.39, 0.29) is 42.0 Å². The van der Waals surface area contributed by atoms with Crippen molar-refractivity contribution in [2.24, 2.45) is 23.7 Å². The Morgan fingerprint density at radius 1 is 1.28 bits per heavy atom. The maximum atomic E-state index is 12.3. The largest absolute Gasteiger partial charge is 0.466 e. The zero-order chi connectivity index (χ0) is 19.4. The predicted octanol–water partition coefficient (Wildman–Crippen LogP) is 2.98. The lowest BCUT2D eigenvalue weighted by atomic mass is 9.69. The molecule has 0 saturated carbocycles. The molecule has 5 nitrogen and oxygen atoms in total. The number of hydrogen-bond acceptors (Lipinski definition) is 5. The van der Waals surface area contributed by atoms with Gasteiger partial charge >= 0.3 is 5.97 Å². The van der Waals surface area contributed by atoms with Crippen molar-refractivity contribution < 1.29 is 24.2 Å². The highest BCUT2D eigenvalue weighted by Gasteiger charge is 2.43. The van der Waals surface area contributed by atoms with Crippen molar-refractivity contribution in [2.45, 2.75) is 58.9 Å². The van der Waals surface area contributed by atoms with Crippen molar-refractivity contribution in [3.8, 4) is 0 Å². The normalized spacial score (nSPS) is 28.7. The summed E-state index contributed by atoms with van der Waals surface area (Å²) in [5.41, 5.74) is 0. The minimum absolute atomic E-state index is 0.0269. The molecule has 6 heteroatoms. The standard InChI is InChI=1S/C19H36O5Si/c1-8-23-18(22)17-13(2)9-10-14(15(17)11-20)16(21)12-24-25(6,7)19(3,4)5/h9-10,13-17,20-21H,8,11-12H2,1-7H3/t13-,14-,15-,16-,17-/m1/s1. The summed E-state index contributed by atoms with van der Waals surface area (Å²) in [7, 11) is -1.97. The first kappa shape index (κ1) is 22.3. The van der Waals surface area contributed by atoms with E-state index in [0.29, 0.717) is 6.61 Å². The molecular weight excluding hydrogens is 336 g/mol. The lowest BCUT2D eigenvalue weighted by Gasteiger charge is -2.40. The number of aliphatic hydroxyl groups is 2. The van der Waals surface area contributed by atoms with Crippen LogP contribution >= 0.6 is 0 Å². The zero-order valence-electron chi connectivity index (χ0n) is 16.8. The average Bonchev–Trinajstić information content (AvgIpc) is 2.51. The first-order valence-corrected chi connectivity index (χ1v) is 12.1. The fourth-order valence-electron chi connectivity index (χ4n) is 3.09. The third-order valence-corrected chi connectivity index (χ3v) is 10.3. The average molecular weight is 373 g/mol. The molecule has 0 aromatic carbocycles. The number of esters is 1. The van der Waals surface area contributed by atoms with E-state index in [1.807, 2.05) is 19.1 Å². The molecular formula is C19H36O5Si. The van der Waals surface area contributed by atoms with Gasteiger partial charge in [-0.1, -0.05) is 39.8 Å². The lowest BCUT2D eigenvalue weighted by Crippen LogP contribution is -2.47. The summed E-state index contributed by atoms with van der Waals surface area (Å²) in [6.45, 7) is 14.8. The third-order valence-electron chi connectivity index (χ3n) is 5.79. The van der Waals surface area contributed by atoms with Crippen molar-refractivity contribution in [3.05, 3.63) is 12.2 Å². The monoisotopic (exact) mass is 372 g/mol. The molecule has 0 aliphatic heterocycles. The van der Waals surface area contributed by atoms with Crippen LogP contribution in [0.2, 0.25) is 18.1 Å². The van der Waals surface area contributed by atoms with Crippen molar-refractivity contribution >= 4 is 14.3 Å². The molecule has 146 valence electrons. The number of carbonyl (C=O) groups excluding carboxylic acids is 1. The highest BCUT2D eigenvalue weighted by molar-refractivity contribution is 6.74. The van der Waals surface area contributed by atoms with E-state index in [9.17, 15) is 15.0 Å². The van der Waals surface area contributed by atoms with E-state index < -0.39 is 20.3 Å². The van der Waals surface area contributed by atoms with Gasteiger partial charge in [-0.2, -0.15) is 0 Å². The fraction of sp³-hybridized carbons (Fsp3) is 0.842. The first-order valence-electron chi connectivity index (χ1n) is 9.24. The molecule has 1 aliphatic rings. The van der Waals surface area contributed by atoms with Crippen molar-refractivity contribution in [1.29, 1.82) is 0 Å². The summed E-state index contributed by atoms with van der Waals surface area (Å²) < 4.78 is 11.3. The van der Waals surface area contributed by atoms with Gasteiger partial charge in [-0.3, -0.25) is 4.79 Å². The van der Waals surface area contributed by atoms with Gasteiger partial charge in [0.25, 0.3) is 0 Å². The van der Waals surface area contributed by atoms with Gasteiger partial charge in [-0.15, -0.1) is 0 Å². The minimum atomic E-state index is -1.97. The molecule has 0 unspecified atom stereocenters. The van der Waals surface area contributed by atoms with Gasteiger partial charge in [0.15, 0.2) is 8.32 Å². The van der Waals surface area contributed by atoms with Crippen LogP contribution in [0.15, 0.2) is 12.2 Å². The predicted molar refractivity (Wildman–Crippen MR) is 102 cm³/mol. The van der Waals surface area contributed by atoms with E-state index in [4.69, 9.17) is 9.16 Å². The number of ether oxygens (including phenoxy) is 1. The number of carbonyl (C=O) groups is 1. The van der Waals surface area contributed by atoms with Crippen LogP contribution < -0.4 is 0 Å². The van der Waals surface area contributed by atoms with E-state index in [0.717, 1.165) is 0 Å². The van der Waals surface area contributed by atoms with Crippen LogP contribution in [0, 0.1) is 23.7 Å². The molecule has 5 atom stereocenters. The molecule has 25 heavy (non-hydrogen) atoms. The smallest absolute Gasteiger partial charge is 0.309 e. The third kappa shape index (κ3) is 5.39. The Kier molecular flexibility index (Phi) is 7.86. The quantitative estimate of drug-likeness (QED) is 0.408. The maximum Gasteiger partial charge on any atom is 0.309 e. The van der Waals surface area contributed by atoms with Crippen LogP contribution in [-0.2, 0) is 14.0 Å². The molecule has 0 aromatic heterocycles. The Morgan fingerprint density at radius 3 is 2.36 bits per heavy atom. The Bertz CT molecular complexity index is 469. The molecule has 0 heterocycles. The van der Waals surface area contributed by atoms with Crippen LogP contribution in [0.4, 0.5) is 0 Å². The summed E-state index contributed by atoms with van der Waals surface area (Å²) in [6.07, 6.45) is 3.10. The highest BCUT2D eigenvalue weighted by atomic mass is 28.4. The van der Waals surface area contributed by atoms with Crippen LogP contribution in [0.25, 0.3) is 0 Å². The maximum absolute atomic E-state index is 12.3. The van der Waals surface area contributed by atoms with Gasteiger partial charge < -0.3 is 19.4 Å². The number of aliphatic hydroxyl groups excluding tert-OH is 2. The summed E-state index contributed by atoms with van der Waals surface area (Å²) in [5, 5.41) is 20.7. The number of rotatable bonds is 7. The van der Waals surface area contributed by atoms with E-state index in [1.165, 1.54) is 0 Å². The second kappa shape index (κ2) is 8.80. The lowest BCUT2D eigenvalue weighted by molar-refractivity contribution is -0.154. The summed E-state index contributed by atoms with van der Waals surface area (Å²) >= 11 is 0. The van der Waals surface area contributed by atoms with Gasteiger partial charge in [0, 0.05) is 18.4 Å². The van der Waals surface area contributed by atoms with Crippen LogP contribution in [0.5, 0.6) is 0 Å². The number of allylic oxidation sites excluding steroid dienone is 1. The molecule has 0 aromatic rings. The SMILES string of the molecule is CCOC(=O)[C@H]1[C@H](CO)[C@H]([C@H](O)CO[Si](C)(C)C(C)(C)C)C=C[C@H]1C. The second-order valence-electron chi connectivity index (χ2n) is 8.58. The molecule has 0 radical (unpaired) electrons.